The van der Waals surface area contributed by atoms with Crippen molar-refractivity contribution >= 4 is 35.6 Å². The van der Waals surface area contributed by atoms with Crippen LogP contribution in [0.1, 0.15) is 60.0 Å². The lowest BCUT2D eigenvalue weighted by molar-refractivity contribution is -0.132. The van der Waals surface area contributed by atoms with E-state index in [0.29, 0.717) is 67.3 Å². The second-order valence-corrected chi connectivity index (χ2v) is 10.6. The summed E-state index contributed by atoms with van der Waals surface area (Å²) in [6, 6.07) is 14.3. The summed E-state index contributed by atoms with van der Waals surface area (Å²) >= 11 is 6.00. The fourth-order valence-corrected chi connectivity index (χ4v) is 5.60. The highest BCUT2D eigenvalue weighted by Gasteiger charge is 2.38. The number of rotatable bonds is 11. The Balaban J connectivity index is 1.29. The second-order valence-electron chi connectivity index (χ2n) is 10.1. The number of nitriles is 1. The number of likely N-dealkylation sites (tertiary alicyclic amines) is 1. The van der Waals surface area contributed by atoms with Gasteiger partial charge in [-0.2, -0.15) is 5.26 Å². The zero-order chi connectivity index (χ0) is 28.7. The first-order chi connectivity index (χ1) is 19.3. The molecule has 2 aromatic rings. The van der Waals surface area contributed by atoms with Crippen molar-refractivity contribution in [3.63, 3.8) is 0 Å². The summed E-state index contributed by atoms with van der Waals surface area (Å²) in [4.78, 5) is 52.5. The maximum absolute atomic E-state index is 13.1. The van der Waals surface area contributed by atoms with Gasteiger partial charge in [0.15, 0.2) is 0 Å². The van der Waals surface area contributed by atoms with E-state index in [0.717, 1.165) is 11.8 Å². The summed E-state index contributed by atoms with van der Waals surface area (Å²) in [7, 11) is 1.50. The minimum absolute atomic E-state index is 0.0227. The molecule has 0 saturated carbocycles. The third-order valence-corrected chi connectivity index (χ3v) is 8.06. The van der Waals surface area contributed by atoms with Crippen molar-refractivity contribution in [3.05, 3.63) is 64.2 Å². The Hall–Kier alpha value is -3.90. The molecule has 9 nitrogen and oxygen atoms in total. The molecule has 0 radical (unpaired) electrons. The quantitative estimate of drug-likeness (QED) is 0.329. The van der Waals surface area contributed by atoms with Gasteiger partial charge in [0, 0.05) is 49.1 Å². The number of piperidine rings is 1. The summed E-state index contributed by atoms with van der Waals surface area (Å²) in [5, 5.41) is 13.1. The molecular formula is C30H33ClN4O5. The van der Waals surface area contributed by atoms with Crippen LogP contribution in [0.25, 0.3) is 0 Å². The van der Waals surface area contributed by atoms with E-state index in [2.05, 4.69) is 11.4 Å². The fourth-order valence-electron chi connectivity index (χ4n) is 5.47. The first-order valence-corrected chi connectivity index (χ1v) is 13.9. The van der Waals surface area contributed by atoms with Crippen molar-refractivity contribution in [1.82, 2.24) is 15.1 Å². The summed E-state index contributed by atoms with van der Waals surface area (Å²) in [6.45, 7) is 1.52. The van der Waals surface area contributed by atoms with Crippen molar-refractivity contribution in [3.8, 4) is 11.8 Å². The SMILES string of the molecule is CNC(=O)C(CCC=O)N1Cc2c(OCCCC(=O)N3CCC(C#N)(c4ccc(Cl)cc4)CC3)cccc2C1=O. The molecule has 2 aliphatic heterocycles. The number of halogens is 1. The molecule has 1 unspecified atom stereocenters. The lowest BCUT2D eigenvalue weighted by Crippen LogP contribution is -2.46. The van der Waals surface area contributed by atoms with Gasteiger partial charge in [-0.1, -0.05) is 29.8 Å². The molecule has 0 bridgehead atoms. The topological polar surface area (TPSA) is 120 Å². The van der Waals surface area contributed by atoms with E-state index in [-0.39, 0.29) is 37.1 Å². The highest BCUT2D eigenvalue weighted by Crippen LogP contribution is 2.36. The first kappa shape index (κ1) is 29.1. The molecule has 0 aromatic heterocycles. The number of likely N-dealkylation sites (N-methyl/N-ethyl adjacent to an activating group) is 1. The lowest BCUT2D eigenvalue weighted by atomic mass is 9.74. The van der Waals surface area contributed by atoms with E-state index in [1.807, 2.05) is 12.1 Å². The molecule has 10 heteroatoms. The third-order valence-electron chi connectivity index (χ3n) is 7.81. The molecule has 40 heavy (non-hydrogen) atoms. The van der Waals surface area contributed by atoms with Crippen molar-refractivity contribution in [1.29, 1.82) is 5.26 Å². The Labute approximate surface area is 239 Å². The molecule has 1 atom stereocenters. The first-order valence-electron chi connectivity index (χ1n) is 13.5. The maximum Gasteiger partial charge on any atom is 0.255 e. The zero-order valence-corrected chi connectivity index (χ0v) is 23.3. The minimum atomic E-state index is -0.746. The van der Waals surface area contributed by atoms with Crippen LogP contribution in [0.15, 0.2) is 42.5 Å². The number of amides is 3. The van der Waals surface area contributed by atoms with Crippen LogP contribution in [0.2, 0.25) is 5.02 Å². The third kappa shape index (κ3) is 6.13. The molecule has 3 amide bonds. The normalized spacial score (nSPS) is 16.6. The molecule has 1 N–H and O–H groups in total. The van der Waals surface area contributed by atoms with Crippen LogP contribution in [-0.2, 0) is 26.3 Å². The molecule has 2 aromatic carbocycles. The Morgan fingerprint density at radius 2 is 1.93 bits per heavy atom. The predicted molar refractivity (Wildman–Crippen MR) is 149 cm³/mol. The van der Waals surface area contributed by atoms with Gasteiger partial charge in [0.1, 0.15) is 18.1 Å². The van der Waals surface area contributed by atoms with Crippen molar-refractivity contribution in [2.45, 2.75) is 56.5 Å². The van der Waals surface area contributed by atoms with E-state index >= 15 is 0 Å². The van der Waals surface area contributed by atoms with Crippen molar-refractivity contribution < 1.29 is 23.9 Å². The van der Waals surface area contributed by atoms with E-state index in [1.165, 1.54) is 11.9 Å². The molecule has 0 spiro atoms. The predicted octanol–water partition coefficient (Wildman–Crippen LogP) is 3.63. The standard InChI is InChI=1S/C30H33ClN4O5/c1-33-28(38)25(6-3-17-36)35-19-24-23(29(35)39)5-2-7-26(24)40-18-4-8-27(37)34-15-13-30(20-32,14-16-34)21-9-11-22(31)12-10-21/h2,5,7,9-12,17,25H,3-4,6,8,13-16,18-19H2,1H3,(H,33,38). The monoisotopic (exact) mass is 564 g/mol. The van der Waals surface area contributed by atoms with Crippen molar-refractivity contribution in [2.75, 3.05) is 26.7 Å². The summed E-state index contributed by atoms with van der Waals surface area (Å²) in [6.07, 6.45) is 3.10. The molecule has 2 aliphatic rings. The Bertz CT molecular complexity index is 1300. The van der Waals surface area contributed by atoms with Crippen LogP contribution >= 0.6 is 11.6 Å². The Kier molecular flexibility index (Phi) is 9.43. The van der Waals surface area contributed by atoms with E-state index in [1.54, 1.807) is 35.2 Å². The minimum Gasteiger partial charge on any atom is -0.493 e. The highest BCUT2D eigenvalue weighted by molar-refractivity contribution is 6.30. The van der Waals surface area contributed by atoms with Gasteiger partial charge in [-0.15, -0.1) is 0 Å². The van der Waals surface area contributed by atoms with Crippen LogP contribution in [0.5, 0.6) is 5.75 Å². The van der Waals surface area contributed by atoms with E-state index < -0.39 is 11.5 Å². The van der Waals surface area contributed by atoms with Gasteiger partial charge in [0.05, 0.1) is 24.6 Å². The number of ether oxygens (including phenoxy) is 1. The largest absolute Gasteiger partial charge is 0.493 e. The summed E-state index contributed by atoms with van der Waals surface area (Å²) in [5.74, 6) is -0.0183. The molecule has 0 aliphatic carbocycles. The molecule has 1 saturated heterocycles. The lowest BCUT2D eigenvalue weighted by Gasteiger charge is -2.37. The molecular weight excluding hydrogens is 532 g/mol. The smallest absolute Gasteiger partial charge is 0.255 e. The number of fused-ring (bicyclic) bond motifs is 1. The van der Waals surface area contributed by atoms with Crippen LogP contribution in [0.4, 0.5) is 0 Å². The van der Waals surface area contributed by atoms with Crippen LogP contribution < -0.4 is 10.1 Å². The van der Waals surface area contributed by atoms with Gasteiger partial charge in [0.2, 0.25) is 11.8 Å². The van der Waals surface area contributed by atoms with Gasteiger partial charge < -0.3 is 24.6 Å². The van der Waals surface area contributed by atoms with Gasteiger partial charge in [0.25, 0.3) is 5.91 Å². The second kappa shape index (κ2) is 13.0. The molecule has 2 heterocycles. The number of carbonyl (C=O) groups is 4. The Morgan fingerprint density at radius 1 is 1.20 bits per heavy atom. The fraction of sp³-hybridized carbons (Fsp3) is 0.433. The highest BCUT2D eigenvalue weighted by atomic mass is 35.5. The maximum atomic E-state index is 13.1. The van der Waals surface area contributed by atoms with E-state index in [9.17, 15) is 24.4 Å². The van der Waals surface area contributed by atoms with Gasteiger partial charge in [-0.25, -0.2) is 0 Å². The number of nitrogens with zero attached hydrogens (tertiary/aromatic N) is 3. The number of aldehydes is 1. The number of carbonyl (C=O) groups excluding carboxylic acids is 4. The molecule has 4 rings (SSSR count). The van der Waals surface area contributed by atoms with Gasteiger partial charge >= 0.3 is 0 Å². The number of hydrogen-bond acceptors (Lipinski definition) is 6. The molecule has 1 fully saturated rings. The summed E-state index contributed by atoms with van der Waals surface area (Å²) < 4.78 is 5.99. The van der Waals surface area contributed by atoms with E-state index in [4.69, 9.17) is 16.3 Å². The number of benzene rings is 2. The van der Waals surface area contributed by atoms with Gasteiger partial charge in [-0.05, 0) is 55.5 Å². The van der Waals surface area contributed by atoms with Crippen LogP contribution in [-0.4, -0.2) is 66.6 Å². The average molecular weight is 565 g/mol. The molecule has 210 valence electrons. The summed E-state index contributed by atoms with van der Waals surface area (Å²) in [5.41, 5.74) is 1.49. The average Bonchev–Trinajstić information content (AvgIpc) is 3.32. The van der Waals surface area contributed by atoms with Crippen LogP contribution in [0.3, 0.4) is 0 Å². The van der Waals surface area contributed by atoms with Crippen LogP contribution in [0, 0.1) is 11.3 Å². The number of hydrogen-bond donors (Lipinski definition) is 1. The Morgan fingerprint density at radius 3 is 2.58 bits per heavy atom. The zero-order valence-electron chi connectivity index (χ0n) is 22.5. The number of nitrogens with one attached hydrogen (secondary N) is 1. The van der Waals surface area contributed by atoms with Gasteiger partial charge in [-0.3, -0.25) is 14.4 Å². The van der Waals surface area contributed by atoms with Crippen molar-refractivity contribution in [2.24, 2.45) is 0 Å².